The number of nitrogens with zero attached hydrogens (tertiary/aromatic N) is 1. The number of aliphatic hydroxyl groups is 1. The van der Waals surface area contributed by atoms with Crippen LogP contribution in [-0.4, -0.2) is 22.7 Å². The zero-order chi connectivity index (χ0) is 10.8. The number of aliphatic hydroxyl groups excluding tert-OH is 1. The van der Waals surface area contributed by atoms with Crippen molar-refractivity contribution in [2.24, 2.45) is 5.73 Å². The average molecular weight is 259 g/mol. The molecule has 1 aromatic rings. The Balaban J connectivity index is 3.06. The minimum Gasteiger partial charge on any atom is -0.392 e. The van der Waals surface area contributed by atoms with E-state index in [0.717, 1.165) is 10.2 Å². The minimum absolute atomic E-state index is 0.374. The van der Waals surface area contributed by atoms with Gasteiger partial charge in [0.05, 0.1) is 11.8 Å². The van der Waals surface area contributed by atoms with E-state index in [-0.39, 0.29) is 0 Å². The topological polar surface area (TPSA) is 59.1 Å². The maximum atomic E-state index is 9.66. The van der Waals surface area contributed by atoms with Gasteiger partial charge in [-0.25, -0.2) is 0 Å². The summed E-state index contributed by atoms with van der Waals surface area (Å²) in [6.45, 7) is 4.02. The molecule has 0 aliphatic heterocycles. The maximum absolute atomic E-state index is 9.66. The van der Waals surface area contributed by atoms with Crippen molar-refractivity contribution in [3.8, 4) is 0 Å². The molecule has 0 aliphatic carbocycles. The van der Waals surface area contributed by atoms with Crippen molar-refractivity contribution in [1.82, 2.24) is 4.98 Å². The lowest BCUT2D eigenvalue weighted by Crippen LogP contribution is -2.42. The second-order valence-corrected chi connectivity index (χ2v) is 4.57. The van der Waals surface area contributed by atoms with Crippen molar-refractivity contribution < 1.29 is 5.11 Å². The molecule has 4 heteroatoms. The first-order chi connectivity index (χ1) is 6.50. The molecule has 1 rings (SSSR count). The lowest BCUT2D eigenvalue weighted by molar-refractivity contribution is 0.109. The summed E-state index contributed by atoms with van der Waals surface area (Å²) >= 11 is 3.31. The number of hydrogen-bond donors (Lipinski definition) is 2. The zero-order valence-corrected chi connectivity index (χ0v) is 9.95. The fraction of sp³-hybridized carbons (Fsp3) is 0.500. The smallest absolute Gasteiger partial charge is 0.0633 e. The summed E-state index contributed by atoms with van der Waals surface area (Å²) in [6.07, 6.45) is 1.20. The van der Waals surface area contributed by atoms with Crippen LogP contribution >= 0.6 is 15.9 Å². The average Bonchev–Trinajstić information content (AvgIpc) is 2.17. The van der Waals surface area contributed by atoms with Gasteiger partial charge in [-0.05, 0) is 35.0 Å². The molecule has 1 heterocycles. The number of halogens is 1. The van der Waals surface area contributed by atoms with Crippen LogP contribution < -0.4 is 5.73 Å². The third-order valence-corrected chi connectivity index (χ3v) is 3.13. The van der Waals surface area contributed by atoms with E-state index in [4.69, 9.17) is 5.73 Å². The van der Waals surface area contributed by atoms with E-state index >= 15 is 0 Å². The lowest BCUT2D eigenvalue weighted by atomic mass is 9.81. The molecule has 0 saturated carbocycles. The van der Waals surface area contributed by atoms with Gasteiger partial charge in [0.25, 0.3) is 0 Å². The van der Waals surface area contributed by atoms with Crippen LogP contribution in [0.25, 0.3) is 0 Å². The Kier molecular flexibility index (Phi) is 3.64. The van der Waals surface area contributed by atoms with Crippen molar-refractivity contribution in [1.29, 1.82) is 0 Å². The molecule has 0 radical (unpaired) electrons. The van der Waals surface area contributed by atoms with E-state index in [0.29, 0.717) is 6.54 Å². The normalized spacial score (nSPS) is 17.5. The number of aromatic nitrogens is 1. The Morgan fingerprint density at radius 1 is 1.64 bits per heavy atom. The highest BCUT2D eigenvalue weighted by Gasteiger charge is 2.31. The van der Waals surface area contributed by atoms with Crippen molar-refractivity contribution in [2.45, 2.75) is 25.4 Å². The Morgan fingerprint density at radius 3 is 2.64 bits per heavy atom. The van der Waals surface area contributed by atoms with Gasteiger partial charge < -0.3 is 10.8 Å². The molecule has 2 atom stereocenters. The molecule has 0 bridgehead atoms. The number of pyridine rings is 1. The van der Waals surface area contributed by atoms with Gasteiger partial charge in [-0.2, -0.15) is 0 Å². The van der Waals surface area contributed by atoms with Crippen molar-refractivity contribution in [3.63, 3.8) is 0 Å². The highest BCUT2D eigenvalue weighted by Crippen LogP contribution is 2.25. The zero-order valence-electron chi connectivity index (χ0n) is 8.37. The molecule has 78 valence electrons. The second kappa shape index (κ2) is 4.38. The third-order valence-electron chi connectivity index (χ3n) is 2.66. The van der Waals surface area contributed by atoms with Crippen LogP contribution in [0.3, 0.4) is 0 Å². The first kappa shape index (κ1) is 11.6. The number of hydrogen-bond acceptors (Lipinski definition) is 3. The molecule has 0 amide bonds. The van der Waals surface area contributed by atoms with Gasteiger partial charge in [0.15, 0.2) is 0 Å². The Hall–Kier alpha value is -0.450. The first-order valence-corrected chi connectivity index (χ1v) is 5.30. The molecule has 0 saturated heterocycles. The van der Waals surface area contributed by atoms with Crippen molar-refractivity contribution in [3.05, 3.63) is 28.5 Å². The van der Waals surface area contributed by atoms with Gasteiger partial charge in [0.2, 0.25) is 0 Å². The summed E-state index contributed by atoms with van der Waals surface area (Å²) in [5.74, 6) is 0. The van der Waals surface area contributed by atoms with E-state index in [1.807, 2.05) is 19.1 Å². The van der Waals surface area contributed by atoms with Gasteiger partial charge in [-0.1, -0.05) is 6.92 Å². The van der Waals surface area contributed by atoms with Crippen LogP contribution in [0, 0.1) is 0 Å². The molecule has 0 aromatic carbocycles. The summed E-state index contributed by atoms with van der Waals surface area (Å²) < 4.78 is 0.922. The fourth-order valence-electron chi connectivity index (χ4n) is 1.20. The Labute approximate surface area is 92.5 Å². The van der Waals surface area contributed by atoms with Gasteiger partial charge in [0, 0.05) is 22.6 Å². The van der Waals surface area contributed by atoms with E-state index in [1.165, 1.54) is 0 Å². The summed E-state index contributed by atoms with van der Waals surface area (Å²) in [7, 11) is 0. The Morgan fingerprint density at radius 2 is 2.29 bits per heavy atom. The van der Waals surface area contributed by atoms with E-state index in [9.17, 15) is 5.11 Å². The number of nitrogens with two attached hydrogens (primary N) is 1. The van der Waals surface area contributed by atoms with E-state index in [1.54, 1.807) is 13.1 Å². The second-order valence-electron chi connectivity index (χ2n) is 3.66. The van der Waals surface area contributed by atoms with Crippen LogP contribution in [-0.2, 0) is 5.41 Å². The quantitative estimate of drug-likeness (QED) is 0.863. The van der Waals surface area contributed by atoms with E-state index in [2.05, 4.69) is 20.9 Å². The van der Waals surface area contributed by atoms with E-state index < -0.39 is 11.5 Å². The molecular weight excluding hydrogens is 244 g/mol. The largest absolute Gasteiger partial charge is 0.392 e. The molecule has 3 N–H and O–H groups in total. The summed E-state index contributed by atoms with van der Waals surface area (Å²) in [5, 5.41) is 9.66. The Bertz CT molecular complexity index is 299. The predicted octanol–water partition coefficient (Wildman–Crippen LogP) is 1.44. The van der Waals surface area contributed by atoms with Crippen LogP contribution in [0.1, 0.15) is 19.5 Å². The SMILES string of the molecule is CC(O)C(C)(CN)c1ccc(Br)cn1. The van der Waals surface area contributed by atoms with Gasteiger partial charge in [-0.15, -0.1) is 0 Å². The van der Waals surface area contributed by atoms with Crippen LogP contribution in [0.15, 0.2) is 22.8 Å². The molecule has 2 unspecified atom stereocenters. The summed E-state index contributed by atoms with van der Waals surface area (Å²) in [5.41, 5.74) is 6.01. The van der Waals surface area contributed by atoms with Crippen LogP contribution in [0.4, 0.5) is 0 Å². The highest BCUT2D eigenvalue weighted by atomic mass is 79.9. The molecular formula is C10H15BrN2O. The fourth-order valence-corrected chi connectivity index (χ4v) is 1.44. The van der Waals surface area contributed by atoms with Crippen LogP contribution in [0.2, 0.25) is 0 Å². The summed E-state index contributed by atoms with van der Waals surface area (Å²) in [6, 6.07) is 3.78. The van der Waals surface area contributed by atoms with Crippen molar-refractivity contribution in [2.75, 3.05) is 6.54 Å². The maximum Gasteiger partial charge on any atom is 0.0633 e. The van der Waals surface area contributed by atoms with Crippen LogP contribution in [0.5, 0.6) is 0 Å². The predicted molar refractivity (Wildman–Crippen MR) is 60.0 cm³/mol. The molecule has 14 heavy (non-hydrogen) atoms. The first-order valence-electron chi connectivity index (χ1n) is 4.51. The monoisotopic (exact) mass is 258 g/mol. The highest BCUT2D eigenvalue weighted by molar-refractivity contribution is 9.10. The standard InChI is InChI=1S/C10H15BrN2O/c1-7(14)10(2,6-12)9-4-3-8(11)5-13-9/h3-5,7,14H,6,12H2,1-2H3. The minimum atomic E-state index is -0.513. The van der Waals surface area contributed by atoms with Gasteiger partial charge >= 0.3 is 0 Å². The molecule has 3 nitrogen and oxygen atoms in total. The van der Waals surface area contributed by atoms with Gasteiger partial charge in [0.1, 0.15) is 0 Å². The lowest BCUT2D eigenvalue weighted by Gasteiger charge is -2.30. The number of rotatable bonds is 3. The van der Waals surface area contributed by atoms with Gasteiger partial charge in [-0.3, -0.25) is 4.98 Å². The van der Waals surface area contributed by atoms with Crippen molar-refractivity contribution >= 4 is 15.9 Å². The third kappa shape index (κ3) is 2.13. The molecule has 1 aromatic heterocycles. The summed E-state index contributed by atoms with van der Waals surface area (Å²) in [4.78, 5) is 4.26. The molecule has 0 spiro atoms. The molecule has 0 fully saturated rings. The molecule has 0 aliphatic rings.